The Balaban J connectivity index is 1.85. The van der Waals surface area contributed by atoms with E-state index in [0.717, 1.165) is 17.4 Å². The number of pyridine rings is 1. The van der Waals surface area contributed by atoms with Gasteiger partial charge in [-0.2, -0.15) is 0 Å². The lowest BCUT2D eigenvalue weighted by molar-refractivity contribution is 0.329. The van der Waals surface area contributed by atoms with Gasteiger partial charge in [0.1, 0.15) is 0 Å². The Kier molecular flexibility index (Phi) is 4.94. The van der Waals surface area contributed by atoms with Crippen molar-refractivity contribution in [2.24, 2.45) is 0 Å². The van der Waals surface area contributed by atoms with Crippen LogP contribution in [0.1, 0.15) is 47.2 Å². The van der Waals surface area contributed by atoms with E-state index in [-0.39, 0.29) is 12.1 Å². The highest BCUT2D eigenvalue weighted by Crippen LogP contribution is 2.41. The van der Waals surface area contributed by atoms with Crippen LogP contribution in [0.3, 0.4) is 0 Å². The standard InChI is InChI=1S/C23H26N4S/c1-5-26-22(21(25-23(26)28)19-11-8-9-13-24-19)18-14-16(3)27(17(18)4)20-12-7-6-10-15(20)2/h6-14,21-22H,5H2,1-4H3,(H,25,28). The zero-order valence-electron chi connectivity index (χ0n) is 16.8. The first kappa shape index (κ1) is 18.7. The Bertz CT molecular complexity index is 1010. The second-order valence-electron chi connectivity index (χ2n) is 7.36. The highest BCUT2D eigenvalue weighted by atomic mass is 32.1. The first-order valence-corrected chi connectivity index (χ1v) is 10.2. The summed E-state index contributed by atoms with van der Waals surface area (Å²) in [6, 6.07) is 17.1. The van der Waals surface area contributed by atoms with Crippen molar-refractivity contribution in [1.29, 1.82) is 0 Å². The molecule has 0 saturated carbocycles. The van der Waals surface area contributed by atoms with Crippen molar-refractivity contribution < 1.29 is 0 Å². The van der Waals surface area contributed by atoms with Crippen LogP contribution < -0.4 is 5.32 Å². The number of nitrogens with zero attached hydrogens (tertiary/aromatic N) is 3. The van der Waals surface area contributed by atoms with Gasteiger partial charge in [0, 0.05) is 29.8 Å². The summed E-state index contributed by atoms with van der Waals surface area (Å²) in [5.74, 6) is 0. The van der Waals surface area contributed by atoms with Crippen LogP contribution in [0.25, 0.3) is 5.69 Å². The van der Waals surface area contributed by atoms with Crippen molar-refractivity contribution in [3.63, 3.8) is 0 Å². The third kappa shape index (κ3) is 3.00. The molecule has 3 aromatic rings. The first-order chi connectivity index (χ1) is 13.5. The van der Waals surface area contributed by atoms with E-state index in [0.29, 0.717) is 0 Å². The number of para-hydroxylation sites is 1. The minimum absolute atomic E-state index is 0.0412. The van der Waals surface area contributed by atoms with Gasteiger partial charge in [-0.3, -0.25) is 4.98 Å². The lowest BCUT2D eigenvalue weighted by Crippen LogP contribution is -2.29. The summed E-state index contributed by atoms with van der Waals surface area (Å²) in [6.45, 7) is 9.56. The molecule has 1 fully saturated rings. The van der Waals surface area contributed by atoms with Gasteiger partial charge in [-0.1, -0.05) is 24.3 Å². The Morgan fingerprint density at radius 2 is 1.82 bits per heavy atom. The fourth-order valence-electron chi connectivity index (χ4n) is 4.36. The van der Waals surface area contributed by atoms with E-state index in [1.54, 1.807) is 0 Å². The number of thiocarbonyl (C=S) groups is 1. The summed E-state index contributed by atoms with van der Waals surface area (Å²) in [4.78, 5) is 6.89. The average molecular weight is 391 g/mol. The molecule has 0 spiro atoms. The van der Waals surface area contributed by atoms with Crippen molar-refractivity contribution in [3.8, 4) is 5.69 Å². The molecular formula is C23H26N4S. The van der Waals surface area contributed by atoms with E-state index in [1.165, 1.54) is 28.2 Å². The van der Waals surface area contributed by atoms with Gasteiger partial charge < -0.3 is 14.8 Å². The molecule has 4 nitrogen and oxygen atoms in total. The molecule has 1 saturated heterocycles. The molecule has 2 aromatic heterocycles. The summed E-state index contributed by atoms with van der Waals surface area (Å²) in [7, 11) is 0. The predicted molar refractivity (Wildman–Crippen MR) is 118 cm³/mol. The van der Waals surface area contributed by atoms with Gasteiger partial charge >= 0.3 is 0 Å². The van der Waals surface area contributed by atoms with E-state index < -0.39 is 0 Å². The molecule has 4 rings (SSSR count). The quantitative estimate of drug-likeness (QED) is 0.650. The van der Waals surface area contributed by atoms with Crippen LogP contribution in [0.15, 0.2) is 54.7 Å². The number of aryl methyl sites for hydroxylation is 2. The van der Waals surface area contributed by atoms with Crippen LogP contribution in [0.2, 0.25) is 0 Å². The van der Waals surface area contributed by atoms with Gasteiger partial charge in [-0.05, 0) is 75.3 Å². The van der Waals surface area contributed by atoms with E-state index in [2.05, 4.69) is 83.9 Å². The lowest BCUT2D eigenvalue weighted by atomic mass is 9.97. The van der Waals surface area contributed by atoms with Crippen LogP contribution in [0.5, 0.6) is 0 Å². The summed E-state index contributed by atoms with van der Waals surface area (Å²) < 4.78 is 2.36. The van der Waals surface area contributed by atoms with Crippen LogP contribution in [0, 0.1) is 20.8 Å². The second-order valence-corrected chi connectivity index (χ2v) is 7.75. The van der Waals surface area contributed by atoms with E-state index in [4.69, 9.17) is 12.2 Å². The summed E-state index contributed by atoms with van der Waals surface area (Å²) in [5.41, 5.74) is 7.30. The fraction of sp³-hybridized carbons (Fsp3) is 0.304. The third-order valence-electron chi connectivity index (χ3n) is 5.68. The van der Waals surface area contributed by atoms with Gasteiger partial charge in [0.05, 0.1) is 17.8 Å². The van der Waals surface area contributed by atoms with Crippen molar-refractivity contribution in [2.45, 2.75) is 39.8 Å². The summed E-state index contributed by atoms with van der Waals surface area (Å²) >= 11 is 5.67. The molecule has 1 aliphatic heterocycles. The predicted octanol–water partition coefficient (Wildman–Crippen LogP) is 4.79. The zero-order chi connectivity index (χ0) is 19.8. The number of nitrogens with one attached hydrogen (secondary N) is 1. The molecule has 0 aliphatic carbocycles. The zero-order valence-corrected chi connectivity index (χ0v) is 17.6. The van der Waals surface area contributed by atoms with E-state index in [1.807, 2.05) is 18.3 Å². The average Bonchev–Trinajstić information content (AvgIpc) is 3.18. The number of benzene rings is 1. The topological polar surface area (TPSA) is 33.1 Å². The SMILES string of the molecule is CCN1C(=S)NC(c2ccccn2)C1c1cc(C)n(-c2ccccc2C)c1C. The normalized spacial score (nSPS) is 19.1. The molecule has 1 aliphatic rings. The molecule has 144 valence electrons. The third-order valence-corrected chi connectivity index (χ3v) is 6.04. The maximum absolute atomic E-state index is 5.67. The maximum atomic E-state index is 5.67. The maximum Gasteiger partial charge on any atom is 0.170 e. The molecule has 1 N–H and O–H groups in total. The van der Waals surface area contributed by atoms with Gasteiger partial charge in [0.15, 0.2) is 5.11 Å². The van der Waals surface area contributed by atoms with Crippen LogP contribution in [0.4, 0.5) is 0 Å². The molecule has 5 heteroatoms. The number of hydrogen-bond acceptors (Lipinski definition) is 2. The summed E-state index contributed by atoms with van der Waals surface area (Å²) in [5, 5.41) is 4.31. The molecule has 0 amide bonds. The highest BCUT2D eigenvalue weighted by molar-refractivity contribution is 7.80. The van der Waals surface area contributed by atoms with Crippen molar-refractivity contribution in [3.05, 3.63) is 82.9 Å². The minimum atomic E-state index is 0.0412. The second kappa shape index (κ2) is 7.40. The number of hydrogen-bond donors (Lipinski definition) is 1. The van der Waals surface area contributed by atoms with Crippen molar-refractivity contribution >= 4 is 17.3 Å². The summed E-state index contributed by atoms with van der Waals surface area (Å²) in [6.07, 6.45) is 1.85. The molecule has 0 radical (unpaired) electrons. The van der Waals surface area contributed by atoms with Crippen LogP contribution in [-0.4, -0.2) is 26.1 Å². The van der Waals surface area contributed by atoms with Gasteiger partial charge in [-0.25, -0.2) is 0 Å². The van der Waals surface area contributed by atoms with E-state index in [9.17, 15) is 0 Å². The highest BCUT2D eigenvalue weighted by Gasteiger charge is 2.40. The Hall–Kier alpha value is -2.66. The minimum Gasteiger partial charge on any atom is -0.352 e. The Labute approximate surface area is 172 Å². The molecular weight excluding hydrogens is 364 g/mol. The first-order valence-electron chi connectivity index (χ1n) is 9.75. The largest absolute Gasteiger partial charge is 0.352 e. The van der Waals surface area contributed by atoms with Crippen molar-refractivity contribution in [1.82, 2.24) is 19.8 Å². The van der Waals surface area contributed by atoms with Crippen molar-refractivity contribution in [2.75, 3.05) is 6.54 Å². The number of rotatable bonds is 4. The monoisotopic (exact) mass is 390 g/mol. The number of likely N-dealkylation sites (N-methyl/N-ethyl adjacent to an activating group) is 1. The van der Waals surface area contributed by atoms with Gasteiger partial charge in [-0.15, -0.1) is 0 Å². The smallest absolute Gasteiger partial charge is 0.170 e. The molecule has 2 atom stereocenters. The molecule has 2 unspecified atom stereocenters. The number of aromatic nitrogens is 2. The molecule has 0 bridgehead atoms. The van der Waals surface area contributed by atoms with Crippen LogP contribution >= 0.6 is 12.2 Å². The molecule has 28 heavy (non-hydrogen) atoms. The Morgan fingerprint density at radius 3 is 2.50 bits per heavy atom. The van der Waals surface area contributed by atoms with E-state index >= 15 is 0 Å². The fourth-order valence-corrected chi connectivity index (χ4v) is 4.73. The molecule has 3 heterocycles. The lowest BCUT2D eigenvalue weighted by Gasteiger charge is -2.27. The van der Waals surface area contributed by atoms with Crippen LogP contribution in [-0.2, 0) is 0 Å². The van der Waals surface area contributed by atoms with Gasteiger partial charge in [0.25, 0.3) is 0 Å². The molecule has 1 aromatic carbocycles. The Morgan fingerprint density at radius 1 is 1.07 bits per heavy atom. The van der Waals surface area contributed by atoms with Gasteiger partial charge in [0.2, 0.25) is 0 Å².